The van der Waals surface area contributed by atoms with Gasteiger partial charge in [0.1, 0.15) is 5.75 Å². The van der Waals surface area contributed by atoms with Gasteiger partial charge < -0.3 is 10.0 Å². The van der Waals surface area contributed by atoms with E-state index >= 15 is 0 Å². The topological polar surface area (TPSA) is 23.5 Å². The number of benzene rings is 1. The van der Waals surface area contributed by atoms with Crippen molar-refractivity contribution in [3.05, 3.63) is 29.8 Å². The van der Waals surface area contributed by atoms with Crippen LogP contribution in [0.2, 0.25) is 0 Å². The van der Waals surface area contributed by atoms with Crippen molar-refractivity contribution in [3.63, 3.8) is 0 Å². The molecule has 0 radical (unpaired) electrons. The Hall–Kier alpha value is -1.02. The van der Waals surface area contributed by atoms with Gasteiger partial charge in [-0.3, -0.25) is 0 Å². The molecule has 0 bridgehead atoms. The van der Waals surface area contributed by atoms with Crippen molar-refractivity contribution in [1.82, 2.24) is 4.90 Å². The van der Waals surface area contributed by atoms with Gasteiger partial charge in [0, 0.05) is 6.54 Å². The summed E-state index contributed by atoms with van der Waals surface area (Å²) in [5.41, 5.74) is 1.39. The smallest absolute Gasteiger partial charge is 0.115 e. The maximum atomic E-state index is 9.43. The Labute approximate surface area is 117 Å². The molecule has 1 aromatic carbocycles. The van der Waals surface area contributed by atoms with E-state index in [1.807, 2.05) is 12.1 Å². The molecule has 1 saturated heterocycles. The molecule has 1 atom stereocenters. The van der Waals surface area contributed by atoms with Gasteiger partial charge in [0.15, 0.2) is 0 Å². The second kappa shape index (κ2) is 7.54. The number of nitrogens with zero attached hydrogens (tertiary/aromatic N) is 1. The third kappa shape index (κ3) is 4.54. The largest absolute Gasteiger partial charge is 0.508 e. The Morgan fingerprint density at radius 3 is 2.42 bits per heavy atom. The van der Waals surface area contributed by atoms with Crippen LogP contribution in [-0.4, -0.2) is 29.6 Å². The maximum absolute atomic E-state index is 9.43. The van der Waals surface area contributed by atoms with Gasteiger partial charge in [-0.05, 0) is 56.0 Å². The first-order valence-electron chi connectivity index (χ1n) is 7.81. The molecule has 0 aliphatic carbocycles. The van der Waals surface area contributed by atoms with Gasteiger partial charge in [0.25, 0.3) is 0 Å². The molecule has 0 spiro atoms. The fourth-order valence-corrected chi connectivity index (χ4v) is 3.01. The van der Waals surface area contributed by atoms with Crippen LogP contribution in [0, 0.1) is 0 Å². The lowest BCUT2D eigenvalue weighted by Crippen LogP contribution is -2.33. The zero-order chi connectivity index (χ0) is 13.5. The molecule has 0 saturated carbocycles. The van der Waals surface area contributed by atoms with Crippen molar-refractivity contribution >= 4 is 0 Å². The van der Waals surface area contributed by atoms with E-state index in [0.29, 0.717) is 11.7 Å². The summed E-state index contributed by atoms with van der Waals surface area (Å²) < 4.78 is 0. The van der Waals surface area contributed by atoms with Crippen LogP contribution in [0.15, 0.2) is 24.3 Å². The first-order valence-corrected chi connectivity index (χ1v) is 7.81. The predicted octanol–water partition coefficient (Wildman–Crippen LogP) is 4.15. The number of hydrogen-bond acceptors (Lipinski definition) is 2. The molecule has 106 valence electrons. The normalized spacial score (nSPS) is 18.4. The van der Waals surface area contributed by atoms with Crippen molar-refractivity contribution in [3.8, 4) is 5.75 Å². The summed E-state index contributed by atoms with van der Waals surface area (Å²) in [6, 6.07) is 7.84. The van der Waals surface area contributed by atoms with Crippen LogP contribution < -0.4 is 0 Å². The summed E-state index contributed by atoms with van der Waals surface area (Å²) in [6.07, 6.45) is 7.92. The lowest BCUT2D eigenvalue weighted by atomic mass is 9.92. The van der Waals surface area contributed by atoms with E-state index in [1.54, 1.807) is 0 Å². The van der Waals surface area contributed by atoms with Crippen molar-refractivity contribution in [2.45, 2.75) is 51.4 Å². The van der Waals surface area contributed by atoms with Gasteiger partial charge in [-0.1, -0.05) is 38.3 Å². The zero-order valence-corrected chi connectivity index (χ0v) is 12.1. The first-order chi connectivity index (χ1) is 9.29. The molecule has 1 aliphatic rings. The van der Waals surface area contributed by atoms with Crippen LogP contribution in [0.5, 0.6) is 5.75 Å². The summed E-state index contributed by atoms with van der Waals surface area (Å²) in [5, 5.41) is 9.43. The van der Waals surface area contributed by atoms with Crippen molar-refractivity contribution in [2.75, 3.05) is 19.6 Å². The Bertz CT molecular complexity index is 354. The van der Waals surface area contributed by atoms with E-state index in [4.69, 9.17) is 0 Å². The van der Waals surface area contributed by atoms with E-state index in [9.17, 15) is 5.11 Å². The highest BCUT2D eigenvalue weighted by molar-refractivity contribution is 5.28. The zero-order valence-electron chi connectivity index (χ0n) is 12.1. The molecule has 1 fully saturated rings. The van der Waals surface area contributed by atoms with E-state index in [0.717, 1.165) is 0 Å². The number of unbranched alkanes of at least 4 members (excludes halogenated alkanes) is 1. The quantitative estimate of drug-likeness (QED) is 0.831. The summed E-state index contributed by atoms with van der Waals surface area (Å²) in [5.74, 6) is 0.995. The van der Waals surface area contributed by atoms with Crippen molar-refractivity contribution in [1.29, 1.82) is 0 Å². The third-order valence-electron chi connectivity index (χ3n) is 4.20. The molecule has 0 amide bonds. The van der Waals surface area contributed by atoms with Crippen LogP contribution in [0.4, 0.5) is 0 Å². The SMILES string of the molecule is CCCCC(CN1CCCCC1)c1ccc(O)cc1. The number of aromatic hydroxyl groups is 1. The van der Waals surface area contributed by atoms with E-state index < -0.39 is 0 Å². The second-order valence-electron chi connectivity index (χ2n) is 5.79. The summed E-state index contributed by atoms with van der Waals surface area (Å²) >= 11 is 0. The molecule has 1 heterocycles. The number of likely N-dealkylation sites (tertiary alicyclic amines) is 1. The van der Waals surface area contributed by atoms with Gasteiger partial charge in [0.2, 0.25) is 0 Å². The average Bonchev–Trinajstić information content (AvgIpc) is 2.45. The minimum absolute atomic E-state index is 0.371. The van der Waals surface area contributed by atoms with Gasteiger partial charge in [-0.2, -0.15) is 0 Å². The molecule has 19 heavy (non-hydrogen) atoms. The van der Waals surface area contributed by atoms with Gasteiger partial charge in [0.05, 0.1) is 0 Å². The van der Waals surface area contributed by atoms with Crippen LogP contribution in [0.25, 0.3) is 0 Å². The Kier molecular flexibility index (Phi) is 5.71. The lowest BCUT2D eigenvalue weighted by Gasteiger charge is -2.30. The standard InChI is InChI=1S/C17H27NO/c1-2-3-7-16(14-18-12-5-4-6-13-18)15-8-10-17(19)11-9-15/h8-11,16,19H,2-7,12-14H2,1H3. The molecule has 1 unspecified atom stereocenters. The number of rotatable bonds is 6. The number of hydrogen-bond donors (Lipinski definition) is 1. The molecule has 1 aliphatic heterocycles. The monoisotopic (exact) mass is 261 g/mol. The predicted molar refractivity (Wildman–Crippen MR) is 80.7 cm³/mol. The fourth-order valence-electron chi connectivity index (χ4n) is 3.01. The molecule has 2 heteroatoms. The van der Waals surface area contributed by atoms with E-state index in [-0.39, 0.29) is 0 Å². The molecular formula is C17H27NO. The lowest BCUT2D eigenvalue weighted by molar-refractivity contribution is 0.211. The Morgan fingerprint density at radius 2 is 1.79 bits per heavy atom. The van der Waals surface area contributed by atoms with Crippen LogP contribution in [0.3, 0.4) is 0 Å². The van der Waals surface area contributed by atoms with E-state index in [2.05, 4.69) is 24.0 Å². The Balaban J connectivity index is 1.99. The first kappa shape index (κ1) is 14.4. The molecule has 0 aromatic heterocycles. The summed E-state index contributed by atoms with van der Waals surface area (Å²) in [4.78, 5) is 2.62. The molecule has 1 N–H and O–H groups in total. The molecule has 1 aromatic rings. The maximum Gasteiger partial charge on any atom is 0.115 e. The Morgan fingerprint density at radius 1 is 1.11 bits per heavy atom. The fraction of sp³-hybridized carbons (Fsp3) is 0.647. The highest BCUT2D eigenvalue weighted by Crippen LogP contribution is 2.26. The van der Waals surface area contributed by atoms with Gasteiger partial charge in [-0.15, -0.1) is 0 Å². The van der Waals surface area contributed by atoms with Crippen LogP contribution in [0.1, 0.15) is 56.9 Å². The molecule has 2 rings (SSSR count). The number of phenolic OH excluding ortho intramolecular Hbond substituents is 1. The number of phenols is 1. The van der Waals surface area contributed by atoms with Crippen LogP contribution in [-0.2, 0) is 0 Å². The average molecular weight is 261 g/mol. The minimum Gasteiger partial charge on any atom is -0.508 e. The van der Waals surface area contributed by atoms with Gasteiger partial charge in [-0.25, -0.2) is 0 Å². The third-order valence-corrected chi connectivity index (χ3v) is 4.20. The molecule has 2 nitrogen and oxygen atoms in total. The van der Waals surface area contributed by atoms with Gasteiger partial charge >= 0.3 is 0 Å². The second-order valence-corrected chi connectivity index (χ2v) is 5.79. The minimum atomic E-state index is 0.371. The van der Waals surface area contributed by atoms with Crippen molar-refractivity contribution in [2.24, 2.45) is 0 Å². The highest BCUT2D eigenvalue weighted by Gasteiger charge is 2.17. The van der Waals surface area contributed by atoms with Crippen LogP contribution >= 0.6 is 0 Å². The molecular weight excluding hydrogens is 234 g/mol. The number of piperidine rings is 1. The van der Waals surface area contributed by atoms with Crippen molar-refractivity contribution < 1.29 is 5.11 Å². The highest BCUT2D eigenvalue weighted by atomic mass is 16.3. The summed E-state index contributed by atoms with van der Waals surface area (Å²) in [6.45, 7) is 5.97. The summed E-state index contributed by atoms with van der Waals surface area (Å²) in [7, 11) is 0. The van der Waals surface area contributed by atoms with E-state index in [1.165, 1.54) is 63.7 Å².